The van der Waals surface area contributed by atoms with Gasteiger partial charge in [-0.1, -0.05) is 12.1 Å². The number of carbonyl (C=O) groups is 1. The smallest absolute Gasteiger partial charge is 0.254 e. The molecule has 0 aliphatic rings. The number of rotatable bonds is 5. The summed E-state index contributed by atoms with van der Waals surface area (Å²) in [5.74, 6) is -0.256. The largest absolute Gasteiger partial charge is 0.472 e. The van der Waals surface area contributed by atoms with Gasteiger partial charge in [-0.15, -0.1) is 11.8 Å². The minimum atomic E-state index is -0.716. The van der Waals surface area contributed by atoms with Gasteiger partial charge in [-0.25, -0.2) is 0 Å². The van der Waals surface area contributed by atoms with E-state index in [0.29, 0.717) is 5.56 Å². The molecule has 19 heavy (non-hydrogen) atoms. The lowest BCUT2D eigenvalue weighted by Gasteiger charge is -2.12. The van der Waals surface area contributed by atoms with E-state index in [0.717, 1.165) is 10.5 Å². The van der Waals surface area contributed by atoms with Gasteiger partial charge in [-0.2, -0.15) is 0 Å². The Morgan fingerprint density at radius 2 is 2.11 bits per heavy atom. The molecule has 100 valence electrons. The topological polar surface area (TPSA) is 62.5 Å². The van der Waals surface area contributed by atoms with Gasteiger partial charge >= 0.3 is 0 Å². The Morgan fingerprint density at radius 1 is 1.37 bits per heavy atom. The molecule has 2 N–H and O–H groups in total. The summed E-state index contributed by atoms with van der Waals surface area (Å²) in [6, 6.07) is 9.19. The minimum absolute atomic E-state index is 0.169. The molecule has 1 unspecified atom stereocenters. The van der Waals surface area contributed by atoms with Crippen LogP contribution in [0.3, 0.4) is 0 Å². The molecule has 1 amide bonds. The Bertz CT molecular complexity index is 522. The summed E-state index contributed by atoms with van der Waals surface area (Å²) < 4.78 is 4.83. The standard InChI is InChI=1S/C14H15NO3S/c1-19-12-4-2-10(3-5-12)13(16)8-15-14(17)11-6-7-18-9-11/h2-7,9,13,16H,8H2,1H3,(H,15,17). The van der Waals surface area contributed by atoms with E-state index in [1.54, 1.807) is 17.8 Å². The van der Waals surface area contributed by atoms with Crippen LogP contribution in [0.4, 0.5) is 0 Å². The first kappa shape index (κ1) is 13.7. The van der Waals surface area contributed by atoms with Crippen LogP contribution in [-0.2, 0) is 0 Å². The van der Waals surface area contributed by atoms with Crippen molar-refractivity contribution >= 4 is 17.7 Å². The Kier molecular flexibility index (Phi) is 4.65. The van der Waals surface area contributed by atoms with Gasteiger partial charge < -0.3 is 14.8 Å². The van der Waals surface area contributed by atoms with E-state index in [4.69, 9.17) is 4.42 Å². The van der Waals surface area contributed by atoms with Crippen LogP contribution in [0.15, 0.2) is 52.2 Å². The van der Waals surface area contributed by atoms with Gasteiger partial charge in [0, 0.05) is 11.4 Å². The first-order chi connectivity index (χ1) is 9.20. The Morgan fingerprint density at radius 3 is 2.68 bits per heavy atom. The predicted octanol–water partition coefficient (Wildman–Crippen LogP) is 2.46. The van der Waals surface area contributed by atoms with Crippen molar-refractivity contribution < 1.29 is 14.3 Å². The van der Waals surface area contributed by atoms with Crippen LogP contribution < -0.4 is 5.32 Å². The van der Waals surface area contributed by atoms with Crippen LogP contribution in [0.5, 0.6) is 0 Å². The fraction of sp³-hybridized carbons (Fsp3) is 0.214. The lowest BCUT2D eigenvalue weighted by atomic mass is 10.1. The quantitative estimate of drug-likeness (QED) is 0.824. The summed E-state index contributed by atoms with van der Waals surface area (Å²) in [5, 5.41) is 12.6. The van der Waals surface area contributed by atoms with E-state index in [9.17, 15) is 9.90 Å². The monoisotopic (exact) mass is 277 g/mol. The van der Waals surface area contributed by atoms with Gasteiger partial charge in [0.1, 0.15) is 6.26 Å². The van der Waals surface area contributed by atoms with Crippen molar-refractivity contribution in [2.24, 2.45) is 0 Å². The summed E-state index contributed by atoms with van der Waals surface area (Å²) in [7, 11) is 0. The second-order valence-electron chi connectivity index (χ2n) is 4.01. The minimum Gasteiger partial charge on any atom is -0.472 e. The highest BCUT2D eigenvalue weighted by Gasteiger charge is 2.11. The molecule has 0 spiro atoms. The number of furan rings is 1. The number of carbonyl (C=O) groups excluding carboxylic acids is 1. The Labute approximate surface area is 115 Å². The van der Waals surface area contributed by atoms with E-state index in [-0.39, 0.29) is 12.5 Å². The maximum Gasteiger partial charge on any atom is 0.254 e. The van der Waals surface area contributed by atoms with Crippen LogP contribution >= 0.6 is 11.8 Å². The third-order valence-corrected chi connectivity index (χ3v) is 3.48. The number of hydrogen-bond acceptors (Lipinski definition) is 4. The highest BCUT2D eigenvalue weighted by Crippen LogP contribution is 2.18. The molecule has 0 saturated carbocycles. The van der Waals surface area contributed by atoms with Crippen molar-refractivity contribution in [3.8, 4) is 0 Å². The van der Waals surface area contributed by atoms with Crippen LogP contribution in [0, 0.1) is 0 Å². The molecule has 4 nitrogen and oxygen atoms in total. The van der Waals surface area contributed by atoms with E-state index in [2.05, 4.69) is 5.32 Å². The average Bonchev–Trinajstić information content (AvgIpc) is 2.98. The van der Waals surface area contributed by atoms with Gasteiger partial charge in [0.05, 0.1) is 17.9 Å². The molecule has 0 bridgehead atoms. The summed E-state index contributed by atoms with van der Waals surface area (Å²) in [5.41, 5.74) is 1.23. The zero-order chi connectivity index (χ0) is 13.7. The van der Waals surface area contributed by atoms with Crippen molar-refractivity contribution in [3.05, 3.63) is 54.0 Å². The zero-order valence-corrected chi connectivity index (χ0v) is 11.3. The Balaban J connectivity index is 1.90. The summed E-state index contributed by atoms with van der Waals surface area (Å²) in [6.45, 7) is 0.169. The molecule has 0 saturated heterocycles. The molecular formula is C14H15NO3S. The number of hydrogen-bond donors (Lipinski definition) is 2. The van der Waals surface area contributed by atoms with Crippen molar-refractivity contribution in [3.63, 3.8) is 0 Å². The van der Waals surface area contributed by atoms with Crippen molar-refractivity contribution in [1.29, 1.82) is 0 Å². The number of aliphatic hydroxyl groups excluding tert-OH is 1. The molecule has 0 radical (unpaired) electrons. The fourth-order valence-corrected chi connectivity index (χ4v) is 2.04. The van der Waals surface area contributed by atoms with Crippen LogP contribution in [0.25, 0.3) is 0 Å². The van der Waals surface area contributed by atoms with Crippen molar-refractivity contribution in [1.82, 2.24) is 5.32 Å². The second kappa shape index (κ2) is 6.45. The molecule has 0 aliphatic carbocycles. The lowest BCUT2D eigenvalue weighted by molar-refractivity contribution is 0.0915. The maximum atomic E-state index is 11.7. The molecule has 1 aromatic heterocycles. The molecule has 1 heterocycles. The third kappa shape index (κ3) is 3.62. The predicted molar refractivity (Wildman–Crippen MR) is 74.2 cm³/mol. The van der Waals surface area contributed by atoms with Crippen molar-refractivity contribution in [2.75, 3.05) is 12.8 Å². The van der Waals surface area contributed by atoms with Crippen LogP contribution in [0.1, 0.15) is 22.0 Å². The fourth-order valence-electron chi connectivity index (χ4n) is 1.63. The van der Waals surface area contributed by atoms with Gasteiger partial charge in [0.2, 0.25) is 0 Å². The maximum absolute atomic E-state index is 11.7. The molecule has 2 aromatic rings. The number of nitrogens with one attached hydrogen (secondary N) is 1. The van der Waals surface area contributed by atoms with Gasteiger partial charge in [-0.3, -0.25) is 4.79 Å². The molecule has 0 aliphatic heterocycles. The summed E-state index contributed by atoms with van der Waals surface area (Å²) in [6.07, 6.45) is 4.09. The summed E-state index contributed by atoms with van der Waals surface area (Å²) in [4.78, 5) is 12.8. The van der Waals surface area contributed by atoms with Crippen LogP contribution in [-0.4, -0.2) is 23.8 Å². The molecule has 1 aromatic carbocycles. The van der Waals surface area contributed by atoms with E-state index >= 15 is 0 Å². The third-order valence-electron chi connectivity index (χ3n) is 2.74. The normalized spacial score (nSPS) is 12.1. The number of amides is 1. The number of thioether (sulfide) groups is 1. The van der Waals surface area contributed by atoms with E-state index in [1.807, 2.05) is 30.5 Å². The van der Waals surface area contributed by atoms with Crippen LogP contribution in [0.2, 0.25) is 0 Å². The Hall–Kier alpha value is -1.72. The van der Waals surface area contributed by atoms with Gasteiger partial charge in [0.25, 0.3) is 5.91 Å². The highest BCUT2D eigenvalue weighted by molar-refractivity contribution is 7.98. The zero-order valence-electron chi connectivity index (χ0n) is 10.5. The van der Waals surface area contributed by atoms with Gasteiger partial charge in [0.15, 0.2) is 0 Å². The van der Waals surface area contributed by atoms with Gasteiger partial charge in [-0.05, 0) is 30.0 Å². The van der Waals surface area contributed by atoms with E-state index < -0.39 is 6.10 Å². The second-order valence-corrected chi connectivity index (χ2v) is 4.89. The van der Waals surface area contributed by atoms with Crippen molar-refractivity contribution in [2.45, 2.75) is 11.0 Å². The number of benzene rings is 1. The SMILES string of the molecule is CSc1ccc(C(O)CNC(=O)c2ccoc2)cc1. The average molecular weight is 277 g/mol. The molecule has 2 rings (SSSR count). The molecule has 1 atom stereocenters. The first-order valence-corrected chi connectivity index (χ1v) is 7.05. The number of aliphatic hydroxyl groups is 1. The molecular weight excluding hydrogens is 262 g/mol. The highest BCUT2D eigenvalue weighted by atomic mass is 32.2. The first-order valence-electron chi connectivity index (χ1n) is 5.83. The molecule has 0 fully saturated rings. The summed E-state index contributed by atoms with van der Waals surface area (Å²) >= 11 is 1.64. The van der Waals surface area contributed by atoms with E-state index in [1.165, 1.54) is 12.5 Å². The molecule has 5 heteroatoms. The lowest BCUT2D eigenvalue weighted by Crippen LogP contribution is -2.28.